The molecule has 2 aromatic rings. The highest BCUT2D eigenvalue weighted by atomic mass is 127. The van der Waals surface area contributed by atoms with Gasteiger partial charge in [0.15, 0.2) is 11.6 Å². The fourth-order valence-electron chi connectivity index (χ4n) is 2.15. The topological polar surface area (TPSA) is 47.3 Å². The highest BCUT2D eigenvalue weighted by Crippen LogP contribution is 2.31. The number of rotatable bonds is 4. The summed E-state index contributed by atoms with van der Waals surface area (Å²) in [7, 11) is 1.45. The Morgan fingerprint density at radius 3 is 2.50 bits per heavy atom. The van der Waals surface area contributed by atoms with Crippen molar-refractivity contribution in [1.29, 1.82) is 0 Å². The molecule has 0 saturated heterocycles. The number of nitrogens with one attached hydrogen (secondary N) is 1. The van der Waals surface area contributed by atoms with E-state index in [2.05, 4.69) is 28.0 Å². The third kappa shape index (κ3) is 2.79. The number of hydrogen-bond acceptors (Lipinski definition) is 3. The predicted molar refractivity (Wildman–Crippen MR) is 86.0 cm³/mol. The second kappa shape index (κ2) is 6.51. The van der Waals surface area contributed by atoms with E-state index in [1.165, 1.54) is 7.11 Å². The van der Waals surface area contributed by atoms with Gasteiger partial charge in [-0.2, -0.15) is 0 Å². The molecule has 1 unspecified atom stereocenters. The van der Waals surface area contributed by atoms with Crippen LogP contribution in [-0.4, -0.2) is 7.11 Å². The van der Waals surface area contributed by atoms with Crippen molar-refractivity contribution in [2.75, 3.05) is 7.11 Å². The van der Waals surface area contributed by atoms with E-state index in [1.807, 2.05) is 25.1 Å². The summed E-state index contributed by atoms with van der Waals surface area (Å²) in [5, 5.41) is 0. The Morgan fingerprint density at radius 2 is 1.85 bits per heavy atom. The van der Waals surface area contributed by atoms with Crippen LogP contribution in [0.5, 0.6) is 5.75 Å². The lowest BCUT2D eigenvalue weighted by molar-refractivity contribution is 0.381. The summed E-state index contributed by atoms with van der Waals surface area (Å²) in [5.74, 6) is 5.48. The van der Waals surface area contributed by atoms with Crippen LogP contribution < -0.4 is 16.0 Å². The molecule has 0 fully saturated rings. The molecule has 0 bridgehead atoms. The highest BCUT2D eigenvalue weighted by Gasteiger charge is 2.21. The zero-order valence-corrected chi connectivity index (χ0v) is 13.4. The lowest BCUT2D eigenvalue weighted by Gasteiger charge is -2.20. The second-order valence-electron chi connectivity index (χ2n) is 4.44. The molecular formula is C15H16FIN2O. The van der Waals surface area contributed by atoms with Crippen molar-refractivity contribution in [3.8, 4) is 5.75 Å². The zero-order valence-electron chi connectivity index (χ0n) is 11.3. The lowest BCUT2D eigenvalue weighted by atomic mass is 9.97. The maximum Gasteiger partial charge on any atom is 0.170 e. The Balaban J connectivity index is 2.56. The second-order valence-corrected chi connectivity index (χ2v) is 5.52. The van der Waals surface area contributed by atoms with Crippen LogP contribution in [0, 0.1) is 16.3 Å². The van der Waals surface area contributed by atoms with Crippen molar-refractivity contribution in [2.45, 2.75) is 13.0 Å². The van der Waals surface area contributed by atoms with E-state index in [9.17, 15) is 4.39 Å². The first-order valence-corrected chi connectivity index (χ1v) is 7.21. The third-order valence-corrected chi connectivity index (χ3v) is 4.70. The van der Waals surface area contributed by atoms with Crippen LogP contribution in [0.3, 0.4) is 0 Å². The Labute approximate surface area is 131 Å². The van der Waals surface area contributed by atoms with Crippen LogP contribution in [0.25, 0.3) is 0 Å². The molecule has 5 heteroatoms. The molecule has 2 rings (SSSR count). The summed E-state index contributed by atoms with van der Waals surface area (Å²) in [6.45, 7) is 2.01. The molecule has 0 aliphatic heterocycles. The first kappa shape index (κ1) is 15.2. The van der Waals surface area contributed by atoms with E-state index in [0.29, 0.717) is 5.56 Å². The molecule has 1 atom stereocenters. The number of halogens is 2. The average molecular weight is 386 g/mol. The highest BCUT2D eigenvalue weighted by molar-refractivity contribution is 14.1. The molecule has 0 aromatic heterocycles. The van der Waals surface area contributed by atoms with Gasteiger partial charge in [0.05, 0.1) is 13.2 Å². The average Bonchev–Trinajstić information content (AvgIpc) is 2.46. The van der Waals surface area contributed by atoms with Crippen molar-refractivity contribution in [2.24, 2.45) is 5.84 Å². The third-order valence-electron chi connectivity index (χ3n) is 3.22. The number of benzene rings is 2. The van der Waals surface area contributed by atoms with Crippen LogP contribution in [0.4, 0.5) is 4.39 Å². The van der Waals surface area contributed by atoms with Gasteiger partial charge in [-0.25, -0.2) is 9.82 Å². The number of methoxy groups -OCH3 is 1. The van der Waals surface area contributed by atoms with Gasteiger partial charge in [0.2, 0.25) is 0 Å². The molecule has 0 aliphatic rings. The van der Waals surface area contributed by atoms with Gasteiger partial charge in [-0.05, 0) is 46.7 Å². The van der Waals surface area contributed by atoms with Gasteiger partial charge in [-0.15, -0.1) is 0 Å². The van der Waals surface area contributed by atoms with Crippen molar-refractivity contribution in [1.82, 2.24) is 5.43 Å². The van der Waals surface area contributed by atoms with Crippen LogP contribution in [0.1, 0.15) is 22.7 Å². The van der Waals surface area contributed by atoms with E-state index >= 15 is 0 Å². The number of ether oxygens (including phenoxy) is 1. The van der Waals surface area contributed by atoms with Crippen molar-refractivity contribution < 1.29 is 9.13 Å². The monoisotopic (exact) mass is 386 g/mol. The molecule has 2 aromatic carbocycles. The van der Waals surface area contributed by atoms with Gasteiger partial charge in [0.1, 0.15) is 0 Å². The Morgan fingerprint density at radius 1 is 1.20 bits per heavy atom. The van der Waals surface area contributed by atoms with E-state index in [-0.39, 0.29) is 5.75 Å². The maximum atomic E-state index is 14.4. The van der Waals surface area contributed by atoms with Crippen LogP contribution in [0.15, 0.2) is 36.4 Å². The minimum Gasteiger partial charge on any atom is -0.494 e. The largest absolute Gasteiger partial charge is 0.494 e. The molecular weight excluding hydrogens is 370 g/mol. The van der Waals surface area contributed by atoms with Crippen LogP contribution in [-0.2, 0) is 0 Å². The standard InChI is InChI=1S/C15H16FIN2O/c1-9-5-3-7-11(14(9)17)15(19-18)10-6-4-8-12(20-2)13(10)16/h3-8,15,19H,18H2,1-2H3. The number of aryl methyl sites for hydroxylation is 1. The minimum atomic E-state index is -0.420. The van der Waals surface area contributed by atoms with Gasteiger partial charge in [0.25, 0.3) is 0 Å². The van der Waals surface area contributed by atoms with Gasteiger partial charge in [0, 0.05) is 9.13 Å². The summed E-state index contributed by atoms with van der Waals surface area (Å²) in [4.78, 5) is 0. The van der Waals surface area contributed by atoms with Gasteiger partial charge in [-0.1, -0.05) is 30.3 Å². The van der Waals surface area contributed by atoms with Gasteiger partial charge < -0.3 is 4.74 Å². The van der Waals surface area contributed by atoms with E-state index in [4.69, 9.17) is 10.6 Å². The molecule has 3 N–H and O–H groups in total. The molecule has 106 valence electrons. The molecule has 0 saturated carbocycles. The smallest absolute Gasteiger partial charge is 0.170 e. The maximum absolute atomic E-state index is 14.4. The molecule has 0 radical (unpaired) electrons. The summed E-state index contributed by atoms with van der Waals surface area (Å²) in [6, 6.07) is 10.5. The van der Waals surface area contributed by atoms with E-state index in [1.54, 1.807) is 18.2 Å². The Kier molecular flexibility index (Phi) is 4.95. The molecule has 0 amide bonds. The molecule has 0 heterocycles. The molecule has 3 nitrogen and oxygen atoms in total. The summed E-state index contributed by atoms with van der Waals surface area (Å²) in [6.07, 6.45) is 0. The minimum absolute atomic E-state index is 0.213. The molecule has 0 aliphatic carbocycles. The van der Waals surface area contributed by atoms with Gasteiger partial charge in [-0.3, -0.25) is 5.84 Å². The van der Waals surface area contributed by atoms with E-state index < -0.39 is 11.9 Å². The molecule has 20 heavy (non-hydrogen) atoms. The van der Waals surface area contributed by atoms with Crippen LogP contribution in [0.2, 0.25) is 0 Å². The lowest BCUT2D eigenvalue weighted by Crippen LogP contribution is -2.30. The van der Waals surface area contributed by atoms with Crippen molar-refractivity contribution >= 4 is 22.6 Å². The Hall–Kier alpha value is -1.18. The first-order valence-electron chi connectivity index (χ1n) is 6.13. The van der Waals surface area contributed by atoms with E-state index in [0.717, 1.165) is 14.7 Å². The number of hydrazine groups is 1. The van der Waals surface area contributed by atoms with Crippen LogP contribution >= 0.6 is 22.6 Å². The number of hydrogen-bond donors (Lipinski definition) is 2. The predicted octanol–water partition coefficient (Wildman–Crippen LogP) is 3.30. The Bertz CT molecular complexity index is 619. The normalized spacial score (nSPS) is 12.2. The molecule has 0 spiro atoms. The summed E-state index contributed by atoms with van der Waals surface area (Å²) < 4.78 is 20.5. The SMILES string of the molecule is COc1cccc(C(NN)c2cccc(C)c2I)c1F. The fraction of sp³-hybridized carbons (Fsp3) is 0.200. The summed E-state index contributed by atoms with van der Waals surface area (Å²) in [5.41, 5.74) is 5.24. The van der Waals surface area contributed by atoms with Crippen molar-refractivity contribution in [3.05, 3.63) is 62.5 Å². The first-order chi connectivity index (χ1) is 9.60. The zero-order chi connectivity index (χ0) is 14.7. The fourth-order valence-corrected chi connectivity index (χ4v) is 2.82. The quantitative estimate of drug-likeness (QED) is 0.482. The number of nitrogens with two attached hydrogens (primary N) is 1. The summed E-state index contributed by atoms with van der Waals surface area (Å²) >= 11 is 2.25. The van der Waals surface area contributed by atoms with Crippen molar-refractivity contribution in [3.63, 3.8) is 0 Å². The van der Waals surface area contributed by atoms with Gasteiger partial charge >= 0.3 is 0 Å².